The Kier molecular flexibility index (Phi) is 4.09. The van der Waals surface area contributed by atoms with E-state index in [9.17, 15) is 4.79 Å². The Labute approximate surface area is 102 Å². The third-order valence-electron chi connectivity index (χ3n) is 3.23. The van der Waals surface area contributed by atoms with E-state index in [1.165, 1.54) is 0 Å². The molecule has 0 bridgehead atoms. The third-order valence-corrected chi connectivity index (χ3v) is 3.23. The van der Waals surface area contributed by atoms with Crippen LogP contribution in [0.1, 0.15) is 23.2 Å². The van der Waals surface area contributed by atoms with Gasteiger partial charge in [-0.3, -0.25) is 9.78 Å². The average Bonchev–Trinajstić information content (AvgIpc) is 2.40. The van der Waals surface area contributed by atoms with Crippen molar-refractivity contribution < 1.29 is 9.53 Å². The predicted molar refractivity (Wildman–Crippen MR) is 64.7 cm³/mol. The van der Waals surface area contributed by atoms with E-state index in [-0.39, 0.29) is 5.91 Å². The molecule has 2 heterocycles. The minimum atomic E-state index is 0.114. The highest BCUT2D eigenvalue weighted by molar-refractivity contribution is 5.94. The zero-order valence-corrected chi connectivity index (χ0v) is 10.1. The molecule has 1 aromatic heterocycles. The minimum absolute atomic E-state index is 0.114. The van der Waals surface area contributed by atoms with Crippen molar-refractivity contribution in [2.75, 3.05) is 26.8 Å². The first kappa shape index (κ1) is 12.0. The summed E-state index contributed by atoms with van der Waals surface area (Å²) >= 11 is 0. The van der Waals surface area contributed by atoms with Gasteiger partial charge in [0, 0.05) is 44.8 Å². The zero-order valence-electron chi connectivity index (χ0n) is 10.1. The monoisotopic (exact) mass is 234 g/mol. The first-order chi connectivity index (χ1) is 8.31. The van der Waals surface area contributed by atoms with Crippen LogP contribution in [-0.4, -0.2) is 42.6 Å². The van der Waals surface area contributed by atoms with Crippen LogP contribution in [0.4, 0.5) is 0 Å². The molecule has 92 valence electrons. The number of methoxy groups -OCH3 is 1. The molecule has 0 aliphatic carbocycles. The number of aromatic nitrogens is 1. The molecule has 4 nitrogen and oxygen atoms in total. The summed E-state index contributed by atoms with van der Waals surface area (Å²) in [5.74, 6) is 0.713. The quantitative estimate of drug-likeness (QED) is 0.797. The molecule has 0 aromatic carbocycles. The molecule has 17 heavy (non-hydrogen) atoms. The molecule has 1 aliphatic heterocycles. The summed E-state index contributed by atoms with van der Waals surface area (Å²) in [6.07, 6.45) is 5.38. The molecule has 1 amide bonds. The zero-order chi connectivity index (χ0) is 12.1. The molecule has 0 spiro atoms. The van der Waals surface area contributed by atoms with Crippen molar-refractivity contribution in [2.24, 2.45) is 5.92 Å². The molecule has 0 saturated carbocycles. The normalized spacial score (nSPS) is 17.1. The summed E-state index contributed by atoms with van der Waals surface area (Å²) in [4.78, 5) is 18.0. The second-order valence-corrected chi connectivity index (χ2v) is 4.43. The van der Waals surface area contributed by atoms with Crippen molar-refractivity contribution in [3.63, 3.8) is 0 Å². The summed E-state index contributed by atoms with van der Waals surface area (Å²) in [5.41, 5.74) is 0.727. The number of pyridine rings is 1. The molecule has 1 fully saturated rings. The van der Waals surface area contributed by atoms with Gasteiger partial charge >= 0.3 is 0 Å². The highest BCUT2D eigenvalue weighted by atomic mass is 16.5. The number of carbonyl (C=O) groups is 1. The van der Waals surface area contributed by atoms with Crippen molar-refractivity contribution >= 4 is 5.91 Å². The molecular weight excluding hydrogens is 216 g/mol. The lowest BCUT2D eigenvalue weighted by Crippen LogP contribution is -2.39. The van der Waals surface area contributed by atoms with Gasteiger partial charge < -0.3 is 9.64 Å². The maximum Gasteiger partial charge on any atom is 0.253 e. The van der Waals surface area contributed by atoms with Crippen molar-refractivity contribution in [3.05, 3.63) is 30.1 Å². The maximum atomic E-state index is 12.1. The van der Waals surface area contributed by atoms with Crippen LogP contribution in [0.25, 0.3) is 0 Å². The number of carbonyl (C=O) groups excluding carboxylic acids is 1. The Hall–Kier alpha value is -1.42. The van der Waals surface area contributed by atoms with Crippen LogP contribution in [0.3, 0.4) is 0 Å². The summed E-state index contributed by atoms with van der Waals surface area (Å²) in [6, 6.07) is 3.53. The number of ether oxygens (including phenoxy) is 1. The van der Waals surface area contributed by atoms with Gasteiger partial charge in [-0.2, -0.15) is 0 Å². The minimum Gasteiger partial charge on any atom is -0.384 e. The van der Waals surface area contributed by atoms with Crippen molar-refractivity contribution in [1.82, 2.24) is 9.88 Å². The molecule has 2 rings (SSSR count). The van der Waals surface area contributed by atoms with E-state index < -0.39 is 0 Å². The van der Waals surface area contributed by atoms with Crippen LogP contribution in [0.2, 0.25) is 0 Å². The molecule has 4 heteroatoms. The predicted octanol–water partition coefficient (Wildman–Crippen LogP) is 1.58. The Morgan fingerprint density at radius 1 is 1.41 bits per heavy atom. The van der Waals surface area contributed by atoms with Crippen molar-refractivity contribution in [2.45, 2.75) is 12.8 Å². The van der Waals surface area contributed by atoms with E-state index in [0.717, 1.165) is 38.1 Å². The molecule has 0 N–H and O–H groups in total. The molecular formula is C13H18N2O2. The number of piperidine rings is 1. The number of hydrogen-bond acceptors (Lipinski definition) is 3. The van der Waals surface area contributed by atoms with Gasteiger partial charge in [-0.25, -0.2) is 0 Å². The molecule has 1 aromatic rings. The summed E-state index contributed by atoms with van der Waals surface area (Å²) in [6.45, 7) is 2.46. The van der Waals surface area contributed by atoms with Gasteiger partial charge in [0.2, 0.25) is 0 Å². The largest absolute Gasteiger partial charge is 0.384 e. The molecule has 1 aliphatic rings. The Morgan fingerprint density at radius 3 is 2.65 bits per heavy atom. The van der Waals surface area contributed by atoms with Crippen LogP contribution in [-0.2, 0) is 4.74 Å². The molecule has 0 radical (unpaired) electrons. The number of hydrogen-bond donors (Lipinski definition) is 0. The fourth-order valence-corrected chi connectivity index (χ4v) is 2.22. The number of amides is 1. The average molecular weight is 234 g/mol. The van der Waals surface area contributed by atoms with Gasteiger partial charge in [0.05, 0.1) is 0 Å². The second-order valence-electron chi connectivity index (χ2n) is 4.43. The molecule has 1 saturated heterocycles. The van der Waals surface area contributed by atoms with E-state index in [4.69, 9.17) is 4.74 Å². The van der Waals surface area contributed by atoms with Gasteiger partial charge in [0.15, 0.2) is 0 Å². The lowest BCUT2D eigenvalue weighted by molar-refractivity contribution is 0.0613. The van der Waals surface area contributed by atoms with Gasteiger partial charge in [-0.05, 0) is 30.9 Å². The second kappa shape index (κ2) is 5.77. The van der Waals surface area contributed by atoms with E-state index in [0.29, 0.717) is 5.92 Å². The SMILES string of the molecule is COCC1CCN(C(=O)c2ccncc2)CC1. The van der Waals surface area contributed by atoms with Gasteiger partial charge in [-0.1, -0.05) is 0 Å². The Morgan fingerprint density at radius 2 is 2.06 bits per heavy atom. The van der Waals surface area contributed by atoms with Gasteiger partial charge in [-0.15, -0.1) is 0 Å². The highest BCUT2D eigenvalue weighted by Gasteiger charge is 2.23. The van der Waals surface area contributed by atoms with Gasteiger partial charge in [0.1, 0.15) is 0 Å². The number of nitrogens with zero attached hydrogens (tertiary/aromatic N) is 2. The summed E-state index contributed by atoms with van der Waals surface area (Å²) < 4.78 is 5.15. The van der Waals surface area contributed by atoms with Crippen molar-refractivity contribution in [3.8, 4) is 0 Å². The van der Waals surface area contributed by atoms with Crippen LogP contribution < -0.4 is 0 Å². The van der Waals surface area contributed by atoms with E-state index in [1.807, 2.05) is 4.90 Å². The standard InChI is InChI=1S/C13H18N2O2/c1-17-10-11-4-8-15(9-5-11)13(16)12-2-6-14-7-3-12/h2-3,6-7,11H,4-5,8-10H2,1H3. The fourth-order valence-electron chi connectivity index (χ4n) is 2.22. The smallest absolute Gasteiger partial charge is 0.253 e. The Balaban J connectivity index is 1.91. The van der Waals surface area contributed by atoms with Crippen LogP contribution in [0.5, 0.6) is 0 Å². The van der Waals surface area contributed by atoms with Crippen molar-refractivity contribution in [1.29, 1.82) is 0 Å². The third kappa shape index (κ3) is 3.03. The fraction of sp³-hybridized carbons (Fsp3) is 0.538. The molecule has 0 unspecified atom stereocenters. The first-order valence-corrected chi connectivity index (χ1v) is 5.99. The highest BCUT2D eigenvalue weighted by Crippen LogP contribution is 2.18. The lowest BCUT2D eigenvalue weighted by atomic mass is 9.97. The Bertz CT molecular complexity index is 359. The summed E-state index contributed by atoms with van der Waals surface area (Å²) in [7, 11) is 1.73. The summed E-state index contributed by atoms with van der Waals surface area (Å²) in [5, 5.41) is 0. The number of rotatable bonds is 3. The van der Waals surface area contributed by atoms with E-state index in [1.54, 1.807) is 31.6 Å². The van der Waals surface area contributed by atoms with Gasteiger partial charge in [0.25, 0.3) is 5.91 Å². The van der Waals surface area contributed by atoms with Crippen LogP contribution in [0.15, 0.2) is 24.5 Å². The maximum absolute atomic E-state index is 12.1. The van der Waals surface area contributed by atoms with E-state index in [2.05, 4.69) is 4.98 Å². The topological polar surface area (TPSA) is 42.4 Å². The number of likely N-dealkylation sites (tertiary alicyclic amines) is 1. The van der Waals surface area contributed by atoms with E-state index >= 15 is 0 Å². The lowest BCUT2D eigenvalue weighted by Gasteiger charge is -2.31. The first-order valence-electron chi connectivity index (χ1n) is 5.99. The molecule has 0 atom stereocenters. The van der Waals surface area contributed by atoms with Crippen LogP contribution in [0, 0.1) is 5.92 Å². The van der Waals surface area contributed by atoms with Crippen LogP contribution >= 0.6 is 0 Å².